The number of carbonyl (C=O) groups is 1. The first-order valence-corrected chi connectivity index (χ1v) is 4.52. The highest BCUT2D eigenvalue weighted by Gasteiger charge is 2.12. The first-order chi connectivity index (χ1) is 7.58. The second kappa shape index (κ2) is 3.65. The van der Waals surface area contributed by atoms with Crippen LogP contribution in [0.15, 0.2) is 24.4 Å². The van der Waals surface area contributed by atoms with Crippen LogP contribution in [0.3, 0.4) is 0 Å². The quantitative estimate of drug-likeness (QED) is 0.595. The van der Waals surface area contributed by atoms with Gasteiger partial charge in [-0.15, -0.1) is 0 Å². The number of non-ortho nitro benzene ring substituents is 1. The van der Waals surface area contributed by atoms with E-state index in [0.717, 1.165) is 0 Å². The molecule has 0 atom stereocenters. The Morgan fingerprint density at radius 1 is 1.44 bits per heavy atom. The molecule has 0 aliphatic heterocycles. The molecule has 2 aromatic rings. The summed E-state index contributed by atoms with van der Waals surface area (Å²) in [6, 6.07) is 4.30. The van der Waals surface area contributed by atoms with Crippen LogP contribution in [-0.4, -0.2) is 15.9 Å². The lowest BCUT2D eigenvalue weighted by molar-refractivity contribution is -0.384. The Morgan fingerprint density at radius 2 is 2.19 bits per heavy atom. The third-order valence-corrected chi connectivity index (χ3v) is 2.28. The fourth-order valence-electron chi connectivity index (χ4n) is 1.63. The van der Waals surface area contributed by atoms with Crippen molar-refractivity contribution in [1.82, 2.24) is 4.98 Å². The van der Waals surface area contributed by atoms with Crippen molar-refractivity contribution < 1.29 is 14.8 Å². The molecule has 0 amide bonds. The Labute approximate surface area is 89.7 Å². The summed E-state index contributed by atoms with van der Waals surface area (Å²) < 4.78 is 0. The third kappa shape index (κ3) is 1.72. The molecule has 1 aromatic heterocycles. The number of aliphatic carboxylic acids is 1. The Hall–Kier alpha value is -2.37. The maximum atomic E-state index is 10.6. The summed E-state index contributed by atoms with van der Waals surface area (Å²) in [5, 5.41) is 21.8. The number of fused-ring (bicyclic) bond motifs is 1. The minimum absolute atomic E-state index is 0.133. The molecular weight excluding hydrogens is 212 g/mol. The third-order valence-electron chi connectivity index (χ3n) is 2.28. The predicted molar refractivity (Wildman–Crippen MR) is 53.7 cm³/mol. The summed E-state index contributed by atoms with van der Waals surface area (Å²) in [6.07, 6.45) is 1.27. The number of benzene rings is 1. The van der Waals surface area contributed by atoms with Crippen LogP contribution < -0.4 is 5.11 Å². The number of aromatic amines is 1. The number of nitrogens with one attached hydrogen (secondary N) is 1. The molecule has 0 fully saturated rings. The van der Waals surface area contributed by atoms with Crippen LogP contribution in [0.1, 0.15) is 5.56 Å². The van der Waals surface area contributed by atoms with Crippen molar-refractivity contribution in [3.05, 3.63) is 40.1 Å². The highest BCUT2D eigenvalue weighted by molar-refractivity contribution is 5.88. The molecule has 0 spiro atoms. The van der Waals surface area contributed by atoms with E-state index in [1.807, 2.05) is 0 Å². The van der Waals surface area contributed by atoms with Crippen LogP contribution >= 0.6 is 0 Å². The van der Waals surface area contributed by atoms with Crippen molar-refractivity contribution in [3.8, 4) is 0 Å². The van der Waals surface area contributed by atoms with E-state index in [1.165, 1.54) is 12.1 Å². The Morgan fingerprint density at radius 3 is 2.81 bits per heavy atom. The van der Waals surface area contributed by atoms with Crippen LogP contribution in [-0.2, 0) is 11.2 Å². The molecule has 6 nitrogen and oxygen atoms in total. The van der Waals surface area contributed by atoms with E-state index >= 15 is 0 Å². The lowest BCUT2D eigenvalue weighted by atomic mass is 10.1. The number of carboxylic acids is 1. The zero-order valence-electron chi connectivity index (χ0n) is 8.10. The molecule has 1 N–H and O–H groups in total. The van der Waals surface area contributed by atoms with Gasteiger partial charge in [-0.3, -0.25) is 10.1 Å². The molecule has 0 saturated heterocycles. The van der Waals surface area contributed by atoms with Crippen molar-refractivity contribution >= 4 is 22.6 Å². The molecule has 0 bridgehead atoms. The lowest BCUT2D eigenvalue weighted by Gasteiger charge is -2.04. The number of nitro benzene ring substituents is 1. The van der Waals surface area contributed by atoms with Crippen LogP contribution in [0, 0.1) is 10.1 Å². The van der Waals surface area contributed by atoms with Crippen LogP contribution in [0.4, 0.5) is 5.69 Å². The van der Waals surface area contributed by atoms with E-state index in [-0.39, 0.29) is 12.1 Å². The number of nitrogens with zero attached hydrogens (tertiary/aromatic N) is 1. The number of rotatable bonds is 3. The summed E-state index contributed by atoms with van der Waals surface area (Å²) in [7, 11) is 0. The number of carboxylic acid groups (broad SMARTS) is 1. The van der Waals surface area contributed by atoms with Gasteiger partial charge in [-0.05, 0) is 11.6 Å². The van der Waals surface area contributed by atoms with Crippen molar-refractivity contribution in [3.63, 3.8) is 0 Å². The fraction of sp³-hybridized carbons (Fsp3) is 0.100. The van der Waals surface area contributed by atoms with Crippen molar-refractivity contribution in [2.75, 3.05) is 0 Å². The number of aromatic nitrogens is 1. The fourth-order valence-corrected chi connectivity index (χ4v) is 1.63. The van der Waals surface area contributed by atoms with Crippen LogP contribution in [0.5, 0.6) is 0 Å². The van der Waals surface area contributed by atoms with Gasteiger partial charge in [0.15, 0.2) is 0 Å². The molecule has 1 aromatic carbocycles. The van der Waals surface area contributed by atoms with Gasteiger partial charge < -0.3 is 14.9 Å². The number of carbonyl (C=O) groups excluding carboxylic acids is 1. The monoisotopic (exact) mass is 219 g/mol. The van der Waals surface area contributed by atoms with Gasteiger partial charge in [0.05, 0.1) is 10.4 Å². The molecular formula is C10H7N2O4-. The largest absolute Gasteiger partial charge is 0.550 e. The molecule has 1 heterocycles. The van der Waals surface area contributed by atoms with Gasteiger partial charge in [-0.25, -0.2) is 0 Å². The SMILES string of the molecule is O=C([O-])Cc1cc([N+](=O)[O-])cc2[nH]ccc12. The second-order valence-corrected chi connectivity index (χ2v) is 3.35. The first kappa shape index (κ1) is 10.2. The highest BCUT2D eigenvalue weighted by Crippen LogP contribution is 2.24. The van der Waals surface area contributed by atoms with E-state index in [9.17, 15) is 20.0 Å². The summed E-state index contributed by atoms with van der Waals surface area (Å²) >= 11 is 0. The smallest absolute Gasteiger partial charge is 0.271 e. The minimum Gasteiger partial charge on any atom is -0.550 e. The van der Waals surface area contributed by atoms with Gasteiger partial charge in [0.2, 0.25) is 0 Å². The number of hydrogen-bond donors (Lipinski definition) is 1. The van der Waals surface area contributed by atoms with Crippen molar-refractivity contribution in [2.24, 2.45) is 0 Å². The van der Waals surface area contributed by atoms with E-state index in [0.29, 0.717) is 16.5 Å². The second-order valence-electron chi connectivity index (χ2n) is 3.35. The van der Waals surface area contributed by atoms with Crippen LogP contribution in [0.25, 0.3) is 10.9 Å². The zero-order valence-corrected chi connectivity index (χ0v) is 8.10. The molecule has 2 rings (SSSR count). The van der Waals surface area contributed by atoms with E-state index in [2.05, 4.69) is 4.98 Å². The molecule has 82 valence electrons. The normalized spacial score (nSPS) is 10.5. The van der Waals surface area contributed by atoms with Gasteiger partial charge in [0, 0.05) is 36.1 Å². The number of hydrogen-bond acceptors (Lipinski definition) is 4. The van der Waals surface area contributed by atoms with Gasteiger partial charge in [-0.1, -0.05) is 0 Å². The first-order valence-electron chi connectivity index (χ1n) is 4.52. The minimum atomic E-state index is -1.26. The van der Waals surface area contributed by atoms with Gasteiger partial charge in [0.25, 0.3) is 5.69 Å². The van der Waals surface area contributed by atoms with Gasteiger partial charge >= 0.3 is 0 Å². The van der Waals surface area contributed by atoms with Crippen LogP contribution in [0.2, 0.25) is 0 Å². The molecule has 0 aliphatic carbocycles. The molecule has 6 heteroatoms. The summed E-state index contributed by atoms with van der Waals surface area (Å²) in [5.41, 5.74) is 0.794. The number of H-pyrrole nitrogens is 1. The topological polar surface area (TPSA) is 99.1 Å². The Bertz CT molecular complexity index is 573. The zero-order chi connectivity index (χ0) is 11.7. The molecule has 0 unspecified atom stereocenters. The Balaban J connectivity index is 2.63. The van der Waals surface area contributed by atoms with Crippen molar-refractivity contribution in [2.45, 2.75) is 6.42 Å². The highest BCUT2D eigenvalue weighted by atomic mass is 16.6. The maximum Gasteiger partial charge on any atom is 0.271 e. The average Bonchev–Trinajstić information content (AvgIpc) is 2.64. The van der Waals surface area contributed by atoms with Crippen molar-refractivity contribution in [1.29, 1.82) is 0 Å². The molecule has 0 saturated carbocycles. The summed E-state index contributed by atoms with van der Waals surface area (Å²) in [4.78, 5) is 23.4. The molecule has 0 aliphatic rings. The summed E-state index contributed by atoms with van der Waals surface area (Å²) in [5.74, 6) is -1.26. The number of nitro groups is 1. The van der Waals surface area contributed by atoms with E-state index in [4.69, 9.17) is 0 Å². The maximum absolute atomic E-state index is 10.6. The van der Waals surface area contributed by atoms with E-state index < -0.39 is 10.9 Å². The molecule has 0 radical (unpaired) electrons. The Kier molecular flexibility index (Phi) is 2.32. The standard InChI is InChI=1S/C10H8N2O4/c13-10(14)4-6-3-7(12(15)16)5-9-8(6)1-2-11-9/h1-3,5,11H,4H2,(H,13,14)/p-1. The predicted octanol–water partition coefficient (Wildman–Crippen LogP) is 0.368. The lowest BCUT2D eigenvalue weighted by Crippen LogP contribution is -2.24. The van der Waals surface area contributed by atoms with Gasteiger partial charge in [-0.2, -0.15) is 0 Å². The summed E-state index contributed by atoms with van der Waals surface area (Å²) in [6.45, 7) is 0. The van der Waals surface area contributed by atoms with E-state index in [1.54, 1.807) is 12.3 Å². The van der Waals surface area contributed by atoms with Gasteiger partial charge in [0.1, 0.15) is 0 Å². The molecule has 16 heavy (non-hydrogen) atoms. The average molecular weight is 219 g/mol.